The fourth-order valence-electron chi connectivity index (χ4n) is 1.45. The molecule has 0 spiro atoms. The van der Waals surface area contributed by atoms with E-state index in [2.05, 4.69) is 22.9 Å². The van der Waals surface area contributed by atoms with Gasteiger partial charge in [-0.2, -0.15) is 0 Å². The topological polar surface area (TPSA) is 70.2 Å². The molecule has 0 aromatic heterocycles. The highest BCUT2D eigenvalue weighted by Crippen LogP contribution is 1.91. The summed E-state index contributed by atoms with van der Waals surface area (Å²) in [4.78, 5) is 23.0. The average Bonchev–Trinajstić information content (AvgIpc) is 2.30. The molecular formula is C13H27N3O2. The van der Waals surface area contributed by atoms with Crippen LogP contribution in [0.5, 0.6) is 0 Å². The third-order valence-corrected chi connectivity index (χ3v) is 2.49. The van der Waals surface area contributed by atoms with Crippen molar-refractivity contribution in [3.63, 3.8) is 0 Å². The van der Waals surface area contributed by atoms with Crippen LogP contribution in [-0.2, 0) is 9.59 Å². The molecule has 0 fully saturated rings. The predicted molar refractivity (Wildman–Crippen MR) is 73.3 cm³/mol. The highest BCUT2D eigenvalue weighted by atomic mass is 16.2. The average molecular weight is 257 g/mol. The maximum absolute atomic E-state index is 11.6. The van der Waals surface area contributed by atoms with Crippen molar-refractivity contribution in [1.29, 1.82) is 0 Å². The SMILES string of the molecule is CCCCCNC(=O)C(C)NCC(=O)NC(C)C. The van der Waals surface area contributed by atoms with Gasteiger partial charge in [-0.05, 0) is 27.2 Å². The molecule has 1 atom stereocenters. The van der Waals surface area contributed by atoms with Gasteiger partial charge in [-0.1, -0.05) is 19.8 Å². The van der Waals surface area contributed by atoms with Gasteiger partial charge in [-0.25, -0.2) is 0 Å². The quantitative estimate of drug-likeness (QED) is 0.535. The lowest BCUT2D eigenvalue weighted by molar-refractivity contribution is -0.123. The van der Waals surface area contributed by atoms with Crippen LogP contribution < -0.4 is 16.0 Å². The number of carbonyl (C=O) groups is 2. The lowest BCUT2D eigenvalue weighted by Gasteiger charge is -2.14. The first-order valence-electron chi connectivity index (χ1n) is 6.77. The summed E-state index contributed by atoms with van der Waals surface area (Å²) in [7, 11) is 0. The van der Waals surface area contributed by atoms with Crippen LogP contribution >= 0.6 is 0 Å². The van der Waals surface area contributed by atoms with Crippen LogP contribution in [0.2, 0.25) is 0 Å². The van der Waals surface area contributed by atoms with E-state index in [-0.39, 0.29) is 30.4 Å². The highest BCUT2D eigenvalue weighted by molar-refractivity contribution is 5.83. The lowest BCUT2D eigenvalue weighted by atomic mass is 10.2. The van der Waals surface area contributed by atoms with Gasteiger partial charge in [0.05, 0.1) is 12.6 Å². The van der Waals surface area contributed by atoms with Crippen molar-refractivity contribution >= 4 is 11.8 Å². The third kappa shape index (κ3) is 8.98. The van der Waals surface area contributed by atoms with E-state index in [9.17, 15) is 9.59 Å². The molecule has 0 rings (SSSR count). The number of amides is 2. The molecule has 0 saturated heterocycles. The van der Waals surface area contributed by atoms with Crippen molar-refractivity contribution in [3.05, 3.63) is 0 Å². The van der Waals surface area contributed by atoms with Crippen LogP contribution in [0.4, 0.5) is 0 Å². The van der Waals surface area contributed by atoms with Crippen molar-refractivity contribution in [2.75, 3.05) is 13.1 Å². The molecular weight excluding hydrogens is 230 g/mol. The summed E-state index contributed by atoms with van der Waals surface area (Å²) in [5, 5.41) is 8.52. The van der Waals surface area contributed by atoms with E-state index < -0.39 is 0 Å². The first kappa shape index (κ1) is 16.9. The van der Waals surface area contributed by atoms with Gasteiger partial charge < -0.3 is 10.6 Å². The zero-order chi connectivity index (χ0) is 14.0. The van der Waals surface area contributed by atoms with E-state index in [1.165, 1.54) is 0 Å². The molecule has 0 aromatic rings. The Kier molecular flexibility index (Phi) is 9.28. The van der Waals surface area contributed by atoms with Crippen LogP contribution in [0.15, 0.2) is 0 Å². The molecule has 0 aliphatic heterocycles. The van der Waals surface area contributed by atoms with Gasteiger partial charge in [0.25, 0.3) is 0 Å². The Hall–Kier alpha value is -1.10. The van der Waals surface area contributed by atoms with Crippen molar-refractivity contribution < 1.29 is 9.59 Å². The molecule has 0 aliphatic carbocycles. The maximum Gasteiger partial charge on any atom is 0.236 e. The second-order valence-electron chi connectivity index (χ2n) is 4.82. The molecule has 0 heterocycles. The van der Waals surface area contributed by atoms with Gasteiger partial charge in [0, 0.05) is 12.6 Å². The molecule has 0 aromatic carbocycles. The van der Waals surface area contributed by atoms with Crippen LogP contribution in [-0.4, -0.2) is 37.0 Å². The fourth-order valence-corrected chi connectivity index (χ4v) is 1.45. The van der Waals surface area contributed by atoms with Crippen LogP contribution in [0.25, 0.3) is 0 Å². The van der Waals surface area contributed by atoms with Gasteiger partial charge >= 0.3 is 0 Å². The van der Waals surface area contributed by atoms with Crippen LogP contribution in [0, 0.1) is 0 Å². The Bertz CT molecular complexity index is 255. The Balaban J connectivity index is 3.70. The molecule has 18 heavy (non-hydrogen) atoms. The van der Waals surface area contributed by atoms with Gasteiger partial charge in [-0.3, -0.25) is 14.9 Å². The second kappa shape index (κ2) is 9.88. The third-order valence-electron chi connectivity index (χ3n) is 2.49. The minimum Gasteiger partial charge on any atom is -0.355 e. The van der Waals surface area contributed by atoms with Gasteiger partial charge in [0.2, 0.25) is 11.8 Å². The monoisotopic (exact) mass is 257 g/mol. The van der Waals surface area contributed by atoms with Crippen molar-refractivity contribution in [3.8, 4) is 0 Å². The zero-order valence-corrected chi connectivity index (χ0v) is 12.0. The van der Waals surface area contributed by atoms with E-state index in [4.69, 9.17) is 0 Å². The number of hydrogen-bond acceptors (Lipinski definition) is 3. The van der Waals surface area contributed by atoms with E-state index in [1.807, 2.05) is 13.8 Å². The second-order valence-corrected chi connectivity index (χ2v) is 4.82. The van der Waals surface area contributed by atoms with Gasteiger partial charge in [0.1, 0.15) is 0 Å². The largest absolute Gasteiger partial charge is 0.355 e. The van der Waals surface area contributed by atoms with Crippen molar-refractivity contribution in [2.24, 2.45) is 0 Å². The van der Waals surface area contributed by atoms with Crippen LogP contribution in [0.1, 0.15) is 47.0 Å². The summed E-state index contributed by atoms with van der Waals surface area (Å²) in [5.41, 5.74) is 0. The molecule has 3 N–H and O–H groups in total. The first-order valence-corrected chi connectivity index (χ1v) is 6.77. The molecule has 2 amide bonds. The molecule has 0 radical (unpaired) electrons. The number of unbranched alkanes of at least 4 members (excludes halogenated alkanes) is 2. The summed E-state index contributed by atoms with van der Waals surface area (Å²) >= 11 is 0. The van der Waals surface area contributed by atoms with Crippen molar-refractivity contribution in [2.45, 2.75) is 59.0 Å². The Morgan fingerprint density at radius 1 is 1.11 bits per heavy atom. The van der Waals surface area contributed by atoms with Gasteiger partial charge in [0.15, 0.2) is 0 Å². The maximum atomic E-state index is 11.6. The predicted octanol–water partition coefficient (Wildman–Crippen LogP) is 0.796. The zero-order valence-electron chi connectivity index (χ0n) is 12.0. The van der Waals surface area contributed by atoms with Crippen LogP contribution in [0.3, 0.4) is 0 Å². The summed E-state index contributed by atoms with van der Waals surface area (Å²) in [5.74, 6) is -0.140. The van der Waals surface area contributed by atoms with E-state index in [0.29, 0.717) is 6.54 Å². The normalized spacial score (nSPS) is 12.3. The van der Waals surface area contributed by atoms with E-state index >= 15 is 0 Å². The first-order chi connectivity index (χ1) is 8.47. The number of rotatable bonds is 9. The summed E-state index contributed by atoms with van der Waals surface area (Å²) in [6.45, 7) is 8.57. The molecule has 5 heteroatoms. The van der Waals surface area contributed by atoms with Gasteiger partial charge in [-0.15, -0.1) is 0 Å². The standard InChI is InChI=1S/C13H27N3O2/c1-5-6-7-8-14-13(18)11(4)15-9-12(17)16-10(2)3/h10-11,15H,5-9H2,1-4H3,(H,14,18)(H,16,17). The summed E-state index contributed by atoms with van der Waals surface area (Å²) in [6, 6.07) is -0.220. The molecule has 0 aliphatic rings. The molecule has 5 nitrogen and oxygen atoms in total. The smallest absolute Gasteiger partial charge is 0.236 e. The Morgan fingerprint density at radius 2 is 1.78 bits per heavy atom. The van der Waals surface area contributed by atoms with Crippen molar-refractivity contribution in [1.82, 2.24) is 16.0 Å². The summed E-state index contributed by atoms with van der Waals surface area (Å²) in [6.07, 6.45) is 3.26. The molecule has 1 unspecified atom stereocenters. The minimum atomic E-state index is -0.343. The lowest BCUT2D eigenvalue weighted by Crippen LogP contribution is -2.47. The van der Waals surface area contributed by atoms with E-state index in [0.717, 1.165) is 19.3 Å². The number of carbonyl (C=O) groups excluding carboxylic acids is 2. The molecule has 106 valence electrons. The number of hydrogen-bond donors (Lipinski definition) is 3. The minimum absolute atomic E-state index is 0.0524. The number of nitrogens with one attached hydrogen (secondary N) is 3. The highest BCUT2D eigenvalue weighted by Gasteiger charge is 2.13. The Morgan fingerprint density at radius 3 is 2.33 bits per heavy atom. The van der Waals surface area contributed by atoms with E-state index in [1.54, 1.807) is 6.92 Å². The fraction of sp³-hybridized carbons (Fsp3) is 0.846. The molecule has 0 bridgehead atoms. The molecule has 0 saturated carbocycles. The Labute approximate surface area is 110 Å². The summed E-state index contributed by atoms with van der Waals surface area (Å²) < 4.78 is 0.